The second kappa shape index (κ2) is 16.5. The van der Waals surface area contributed by atoms with Gasteiger partial charge in [-0.15, -0.1) is 23.2 Å². The number of nitrogens with zero attached hydrogens (tertiary/aromatic N) is 1. The van der Waals surface area contributed by atoms with Crippen molar-refractivity contribution in [1.29, 1.82) is 0 Å². The fourth-order valence-corrected chi connectivity index (χ4v) is 3.63. The van der Waals surface area contributed by atoms with Crippen molar-refractivity contribution in [2.45, 2.75) is 25.3 Å². The van der Waals surface area contributed by atoms with Crippen LogP contribution in [0.15, 0.2) is 24.3 Å². The van der Waals surface area contributed by atoms with Crippen molar-refractivity contribution >= 4 is 55.1 Å². The van der Waals surface area contributed by atoms with Gasteiger partial charge in [0, 0.05) is 30.5 Å². The number of hydrogen-bond donors (Lipinski definition) is 2. The number of halogens is 2. The van der Waals surface area contributed by atoms with Gasteiger partial charge in [0.05, 0.1) is 25.7 Å². The summed E-state index contributed by atoms with van der Waals surface area (Å²) in [5.74, 6) is 0.0698. The molecule has 0 saturated heterocycles. The molecular weight excluding hydrogens is 519 g/mol. The number of carbonyl (C=O) groups is 1. The predicted octanol–water partition coefficient (Wildman–Crippen LogP) is 1.64. The standard InChI is InChI=1S/C13H18Cl2N2O2.C6H14O6S2/c14-5-7-17(8-6-15)11-3-1-10(2-4-11)9-12(16)13(18)19;1-13(7,8)11-5-3-4-6-12-14(2,9)10/h1-4,12H,5-9,16H2,(H,18,19);3-6H2,1-2H3/t12-;/m0./s1. The number of unbranched alkanes of at least 4 members (excludes halogenated alkanes) is 1. The summed E-state index contributed by atoms with van der Waals surface area (Å²) in [5.41, 5.74) is 7.42. The molecule has 1 aromatic rings. The van der Waals surface area contributed by atoms with Gasteiger partial charge >= 0.3 is 5.97 Å². The molecule has 1 aromatic carbocycles. The Morgan fingerprint density at radius 1 is 0.970 bits per heavy atom. The highest BCUT2D eigenvalue weighted by molar-refractivity contribution is 7.86. The molecule has 0 fully saturated rings. The van der Waals surface area contributed by atoms with E-state index in [1.54, 1.807) is 0 Å². The average Bonchev–Trinajstić information content (AvgIpc) is 2.70. The largest absolute Gasteiger partial charge is 0.480 e. The van der Waals surface area contributed by atoms with Crippen LogP contribution in [0.5, 0.6) is 0 Å². The van der Waals surface area contributed by atoms with Crippen LogP contribution in [0.3, 0.4) is 0 Å². The lowest BCUT2D eigenvalue weighted by Crippen LogP contribution is -2.32. The summed E-state index contributed by atoms with van der Waals surface area (Å²) >= 11 is 11.5. The summed E-state index contributed by atoms with van der Waals surface area (Å²) in [7, 11) is -6.80. The number of aliphatic carboxylic acids is 1. The lowest BCUT2D eigenvalue weighted by Gasteiger charge is -2.23. The van der Waals surface area contributed by atoms with E-state index in [-0.39, 0.29) is 13.2 Å². The van der Waals surface area contributed by atoms with Crippen LogP contribution in [-0.2, 0) is 39.8 Å². The normalized spacial score (nSPS) is 12.5. The van der Waals surface area contributed by atoms with Crippen LogP contribution in [0, 0.1) is 0 Å². The topological polar surface area (TPSA) is 153 Å². The molecule has 33 heavy (non-hydrogen) atoms. The highest BCUT2D eigenvalue weighted by atomic mass is 35.5. The van der Waals surface area contributed by atoms with E-state index in [0.29, 0.717) is 31.0 Å². The minimum atomic E-state index is -3.40. The molecule has 0 aliphatic rings. The predicted molar refractivity (Wildman–Crippen MR) is 130 cm³/mol. The maximum absolute atomic E-state index is 10.7. The molecule has 0 aliphatic carbocycles. The highest BCUT2D eigenvalue weighted by Crippen LogP contribution is 2.16. The number of anilines is 1. The quantitative estimate of drug-likeness (QED) is 0.187. The summed E-state index contributed by atoms with van der Waals surface area (Å²) in [5, 5.41) is 8.76. The lowest BCUT2D eigenvalue weighted by molar-refractivity contribution is -0.138. The molecule has 0 unspecified atom stereocenters. The van der Waals surface area contributed by atoms with Crippen molar-refractivity contribution in [2.75, 3.05) is 55.5 Å². The Kier molecular flexibility index (Phi) is 15.9. The number of hydrogen-bond acceptors (Lipinski definition) is 9. The van der Waals surface area contributed by atoms with E-state index >= 15 is 0 Å². The van der Waals surface area contributed by atoms with Crippen molar-refractivity contribution < 1.29 is 35.1 Å². The second-order valence-electron chi connectivity index (χ2n) is 6.94. The third kappa shape index (κ3) is 17.9. The molecule has 1 rings (SSSR count). The van der Waals surface area contributed by atoms with E-state index in [9.17, 15) is 21.6 Å². The van der Waals surface area contributed by atoms with Crippen LogP contribution in [-0.4, -0.2) is 84.5 Å². The van der Waals surface area contributed by atoms with Crippen LogP contribution >= 0.6 is 23.2 Å². The van der Waals surface area contributed by atoms with Gasteiger partial charge in [-0.3, -0.25) is 13.2 Å². The molecule has 0 radical (unpaired) electrons. The smallest absolute Gasteiger partial charge is 0.320 e. The molecule has 0 aromatic heterocycles. The van der Waals surface area contributed by atoms with Gasteiger partial charge in [0.25, 0.3) is 20.2 Å². The minimum Gasteiger partial charge on any atom is -0.480 e. The molecule has 0 amide bonds. The molecule has 0 spiro atoms. The zero-order valence-electron chi connectivity index (χ0n) is 18.7. The molecule has 0 saturated carbocycles. The van der Waals surface area contributed by atoms with Crippen molar-refractivity contribution in [1.82, 2.24) is 0 Å². The first-order valence-electron chi connectivity index (χ1n) is 9.92. The molecule has 0 aliphatic heterocycles. The van der Waals surface area contributed by atoms with Crippen molar-refractivity contribution in [3.8, 4) is 0 Å². The first-order chi connectivity index (χ1) is 15.3. The first kappa shape index (κ1) is 31.9. The maximum atomic E-state index is 10.7. The number of alkyl halides is 2. The van der Waals surface area contributed by atoms with E-state index in [2.05, 4.69) is 13.3 Å². The van der Waals surface area contributed by atoms with Crippen LogP contribution in [0.2, 0.25) is 0 Å². The Morgan fingerprint density at radius 2 is 1.39 bits per heavy atom. The van der Waals surface area contributed by atoms with E-state index in [1.165, 1.54) is 0 Å². The van der Waals surface area contributed by atoms with Crippen LogP contribution in [0.25, 0.3) is 0 Å². The van der Waals surface area contributed by atoms with Gasteiger partial charge in [-0.1, -0.05) is 12.1 Å². The number of benzene rings is 1. The highest BCUT2D eigenvalue weighted by Gasteiger charge is 2.12. The fourth-order valence-electron chi connectivity index (χ4n) is 2.38. The number of carboxylic acid groups (broad SMARTS) is 1. The number of nitrogens with two attached hydrogens (primary N) is 1. The van der Waals surface area contributed by atoms with Gasteiger partial charge in [-0.2, -0.15) is 16.8 Å². The van der Waals surface area contributed by atoms with Crippen molar-refractivity contribution in [3.63, 3.8) is 0 Å². The Balaban J connectivity index is 0.000000653. The van der Waals surface area contributed by atoms with Gasteiger partial charge in [0.15, 0.2) is 0 Å². The maximum Gasteiger partial charge on any atom is 0.320 e. The van der Waals surface area contributed by atoms with E-state index in [0.717, 1.165) is 36.9 Å². The molecule has 0 bridgehead atoms. The molecule has 14 heteroatoms. The Labute approximate surface area is 206 Å². The zero-order valence-corrected chi connectivity index (χ0v) is 21.8. The molecule has 3 N–H and O–H groups in total. The third-order valence-corrected chi connectivity index (χ3v) is 5.44. The summed E-state index contributed by atoms with van der Waals surface area (Å²) < 4.78 is 50.8. The van der Waals surface area contributed by atoms with Crippen LogP contribution < -0.4 is 10.6 Å². The van der Waals surface area contributed by atoms with Crippen LogP contribution in [0.4, 0.5) is 5.69 Å². The Morgan fingerprint density at radius 3 is 1.73 bits per heavy atom. The summed E-state index contributed by atoms with van der Waals surface area (Å²) in [6, 6.07) is 6.76. The van der Waals surface area contributed by atoms with Crippen molar-refractivity contribution in [2.24, 2.45) is 5.73 Å². The van der Waals surface area contributed by atoms with Gasteiger partial charge < -0.3 is 15.7 Å². The second-order valence-corrected chi connectivity index (χ2v) is 11.0. The molecule has 10 nitrogen and oxygen atoms in total. The van der Waals surface area contributed by atoms with Crippen LogP contribution in [0.1, 0.15) is 18.4 Å². The number of carboxylic acids is 1. The van der Waals surface area contributed by atoms with Gasteiger partial charge in [0.1, 0.15) is 6.04 Å². The zero-order chi connectivity index (χ0) is 25.5. The number of rotatable bonds is 15. The van der Waals surface area contributed by atoms with Gasteiger partial charge in [0.2, 0.25) is 0 Å². The summed E-state index contributed by atoms with van der Waals surface area (Å²) in [6.45, 7) is 1.54. The Bertz CT molecular complexity index is 855. The monoisotopic (exact) mass is 550 g/mol. The molecule has 1 atom stereocenters. The van der Waals surface area contributed by atoms with Gasteiger partial charge in [-0.25, -0.2) is 0 Å². The summed E-state index contributed by atoms with van der Waals surface area (Å²) in [4.78, 5) is 12.8. The minimum absolute atomic E-state index is 0.0476. The third-order valence-electron chi connectivity index (χ3n) is 3.92. The lowest BCUT2D eigenvalue weighted by atomic mass is 10.1. The van der Waals surface area contributed by atoms with E-state index in [1.807, 2.05) is 24.3 Å². The van der Waals surface area contributed by atoms with Gasteiger partial charge in [-0.05, 0) is 37.0 Å². The fraction of sp³-hybridized carbons (Fsp3) is 0.632. The molecular formula is C19H32Cl2N2O8S2. The SMILES string of the molecule is CS(=O)(=O)OCCCCOS(C)(=O)=O.N[C@@H](Cc1ccc(N(CCCl)CCCl)cc1)C(=O)O. The van der Waals surface area contributed by atoms with E-state index in [4.69, 9.17) is 34.0 Å². The molecule has 192 valence electrons. The summed E-state index contributed by atoms with van der Waals surface area (Å²) in [6.07, 6.45) is 3.10. The Hall–Kier alpha value is -1.15. The average molecular weight is 552 g/mol. The van der Waals surface area contributed by atoms with E-state index < -0.39 is 32.2 Å². The first-order valence-corrected chi connectivity index (χ1v) is 14.6. The van der Waals surface area contributed by atoms with Crippen molar-refractivity contribution in [3.05, 3.63) is 29.8 Å². The molecule has 0 heterocycles.